The van der Waals surface area contributed by atoms with Gasteiger partial charge in [-0.1, -0.05) is 69.7 Å². The molecule has 0 aliphatic carbocycles. The molecule has 0 aliphatic heterocycles. The molecule has 4 aromatic rings. The molecule has 0 atom stereocenters. The Balaban J connectivity index is 0.000000190. The molecule has 0 bridgehead atoms. The molecule has 0 amide bonds. The number of rotatable bonds is 7. The van der Waals surface area contributed by atoms with Gasteiger partial charge in [-0.3, -0.25) is 0 Å². The first kappa shape index (κ1) is 29.1. The van der Waals surface area contributed by atoms with Crippen molar-refractivity contribution >= 4 is 20.7 Å². The molecule has 178 valence electrons. The zero-order valence-electron chi connectivity index (χ0n) is 22.2. The third-order valence-corrected chi connectivity index (χ3v) is 17.0. The Hall–Kier alpha value is -1.17. The molecule has 4 aromatic carbocycles. The van der Waals surface area contributed by atoms with E-state index in [4.69, 9.17) is 0 Å². The molecule has 0 N–H and O–H groups in total. The van der Waals surface area contributed by atoms with E-state index in [1.54, 1.807) is 10.5 Å². The Kier molecular flexibility index (Phi) is 13.5. The van der Waals surface area contributed by atoms with Gasteiger partial charge in [0.15, 0.2) is 0 Å². The van der Waals surface area contributed by atoms with Gasteiger partial charge in [-0.2, -0.15) is 28.3 Å². The summed E-state index contributed by atoms with van der Waals surface area (Å²) in [6.07, 6.45) is 5.86. The van der Waals surface area contributed by atoms with Crippen molar-refractivity contribution in [2.45, 2.75) is 77.7 Å². The van der Waals surface area contributed by atoms with Crippen molar-refractivity contribution in [3.63, 3.8) is 0 Å². The van der Waals surface area contributed by atoms with Crippen LogP contribution in [0.25, 0.3) is 21.9 Å². The van der Waals surface area contributed by atoms with E-state index >= 15 is 0 Å². The molecule has 0 heterocycles. The Labute approximate surface area is 224 Å². The summed E-state index contributed by atoms with van der Waals surface area (Å²) in [5, 5.41) is 5.95. The van der Waals surface area contributed by atoms with Crippen molar-refractivity contribution in [1.29, 1.82) is 0 Å². The van der Waals surface area contributed by atoms with E-state index in [9.17, 15) is 0 Å². The molecule has 4 rings (SSSR count). The maximum Gasteiger partial charge on any atom is -0.0623 e. The zero-order valence-corrected chi connectivity index (χ0v) is 26.7. The van der Waals surface area contributed by atoms with Crippen LogP contribution in [0.5, 0.6) is 0 Å². The minimum atomic E-state index is -0.389. The summed E-state index contributed by atoms with van der Waals surface area (Å²) in [5.74, 6) is 0. The third kappa shape index (κ3) is 9.12. The zero-order chi connectivity index (χ0) is 24.9. The maximum absolute atomic E-state index is 2.31. The molecule has 0 spiro atoms. The molecule has 0 aromatic heterocycles. The van der Waals surface area contributed by atoms with E-state index < -0.39 is 0 Å². The summed E-state index contributed by atoms with van der Waals surface area (Å²) in [5.41, 5.74) is 8.36. The van der Waals surface area contributed by atoms with E-state index in [1.165, 1.54) is 69.8 Å². The topological polar surface area (TPSA) is 0 Å². The van der Waals surface area contributed by atoms with Crippen LogP contribution in [0, 0.1) is 27.7 Å². The van der Waals surface area contributed by atoms with Crippen LogP contribution in [0.15, 0.2) is 72.8 Å². The van der Waals surface area contributed by atoms with Gasteiger partial charge in [-0.25, -0.2) is 0 Å². The molecule has 0 unspecified atom stereocenters. The SMILES string of the molecule is CCC[CH2][Ge](=[Zr+2])[CH2]CCC.Cc1[cH-]c(C)c(C)c1C.c1ccc(-c2c[cH-]c3ccccc23)cc1. The van der Waals surface area contributed by atoms with Gasteiger partial charge in [0.05, 0.1) is 0 Å². The second-order valence-electron chi connectivity index (χ2n) is 9.27. The van der Waals surface area contributed by atoms with E-state index in [2.05, 4.69) is 114 Å². The minimum Gasteiger partial charge on any atom is -0.196 e. The first-order valence-electron chi connectivity index (χ1n) is 12.8. The van der Waals surface area contributed by atoms with Crippen molar-refractivity contribution < 1.29 is 21.6 Å². The van der Waals surface area contributed by atoms with Crippen molar-refractivity contribution in [1.82, 2.24) is 0 Å². The third-order valence-electron chi connectivity index (χ3n) is 6.61. The van der Waals surface area contributed by atoms with Gasteiger partial charge < -0.3 is 0 Å². The molecular weight excluding hydrogens is 548 g/mol. The predicted octanol–water partition coefficient (Wildman–Crippen LogP) is 9.99. The fourth-order valence-electron chi connectivity index (χ4n) is 4.06. The maximum atomic E-state index is 2.31. The summed E-state index contributed by atoms with van der Waals surface area (Å²) in [6.45, 7) is 13.3. The van der Waals surface area contributed by atoms with Crippen LogP contribution in [0.2, 0.25) is 10.5 Å². The first-order chi connectivity index (χ1) is 16.4. The standard InChI is InChI=1S/C15H11.C9H13.C8H18Ge.Zr/c1-2-6-12(7-3-1)15-11-10-13-8-4-5-9-14(13)15;1-6-5-7(2)9(4)8(6)3;1-3-5-7-9-8-6-4-2;/h1-11H;5H,1-4H3;3-8H2,1-2H3;/q2*-1;;+2. The Morgan fingerprint density at radius 1 is 0.735 bits per heavy atom. The summed E-state index contributed by atoms with van der Waals surface area (Å²) in [4.78, 5) is 0. The van der Waals surface area contributed by atoms with Crippen LogP contribution in [-0.4, -0.2) is 9.98 Å². The Morgan fingerprint density at radius 3 is 1.76 bits per heavy atom. The van der Waals surface area contributed by atoms with Crippen molar-refractivity contribution in [2.75, 3.05) is 0 Å². The van der Waals surface area contributed by atoms with E-state index in [0.29, 0.717) is 0 Å². The summed E-state index contributed by atoms with van der Waals surface area (Å²) in [7, 11) is -0.389. The Morgan fingerprint density at radius 2 is 1.26 bits per heavy atom. The van der Waals surface area contributed by atoms with E-state index in [0.717, 1.165) is 0 Å². The van der Waals surface area contributed by atoms with Crippen LogP contribution in [0.1, 0.15) is 61.8 Å². The van der Waals surface area contributed by atoms with Gasteiger partial charge in [0.2, 0.25) is 0 Å². The summed E-state index contributed by atoms with van der Waals surface area (Å²) in [6, 6.07) is 25.6. The average Bonchev–Trinajstić information content (AvgIpc) is 3.39. The van der Waals surface area contributed by atoms with E-state index in [1.807, 2.05) is 21.6 Å². The molecule has 0 aliphatic rings. The van der Waals surface area contributed by atoms with Crippen molar-refractivity contribution in [2.24, 2.45) is 0 Å². The number of aryl methyl sites for hydroxylation is 2. The fourth-order valence-corrected chi connectivity index (χ4v) is 12.4. The van der Waals surface area contributed by atoms with Gasteiger partial charge in [-0.15, -0.1) is 46.7 Å². The molecule has 0 nitrogen and oxygen atoms in total. The van der Waals surface area contributed by atoms with Gasteiger partial charge >= 0.3 is 81.6 Å². The average molecular weight is 591 g/mol. The van der Waals surface area contributed by atoms with Crippen molar-refractivity contribution in [3.8, 4) is 11.1 Å². The number of hydrogen-bond donors (Lipinski definition) is 0. The first-order valence-corrected chi connectivity index (χ1v) is 23.2. The van der Waals surface area contributed by atoms with Crippen molar-refractivity contribution in [3.05, 3.63) is 95.1 Å². The molecule has 0 radical (unpaired) electrons. The van der Waals surface area contributed by atoms with Gasteiger partial charge in [0.1, 0.15) is 0 Å². The van der Waals surface area contributed by atoms with E-state index in [-0.39, 0.29) is 9.98 Å². The Bertz CT molecular complexity index is 1100. The van der Waals surface area contributed by atoms with Crippen LogP contribution in [-0.2, 0) is 21.6 Å². The van der Waals surface area contributed by atoms with Gasteiger partial charge in [-0.05, 0) is 0 Å². The minimum absolute atomic E-state index is 0.389. The quantitative estimate of drug-likeness (QED) is 0.148. The van der Waals surface area contributed by atoms with Crippen LogP contribution < -0.4 is 0 Å². The van der Waals surface area contributed by atoms with Crippen LogP contribution in [0.4, 0.5) is 0 Å². The molecule has 34 heavy (non-hydrogen) atoms. The number of fused-ring (bicyclic) bond motifs is 1. The molecule has 0 saturated carbocycles. The molecule has 0 saturated heterocycles. The van der Waals surface area contributed by atoms with Crippen LogP contribution >= 0.6 is 0 Å². The normalized spacial score (nSPS) is 10.4. The number of benzene rings is 2. The molecule has 2 heteroatoms. The van der Waals surface area contributed by atoms with Gasteiger partial charge in [0.25, 0.3) is 0 Å². The predicted molar refractivity (Wildman–Crippen MR) is 151 cm³/mol. The fraction of sp³-hybridized carbons (Fsp3) is 0.375. The monoisotopic (exact) mass is 590 g/mol. The largest absolute Gasteiger partial charge is 0.196 e. The second kappa shape index (κ2) is 15.7. The second-order valence-corrected chi connectivity index (χ2v) is 22.9. The molecule has 0 fully saturated rings. The smallest absolute Gasteiger partial charge is 0.0623 e. The van der Waals surface area contributed by atoms with Gasteiger partial charge in [0, 0.05) is 0 Å². The molecular formula is C32H42GeZr. The summed E-state index contributed by atoms with van der Waals surface area (Å²) < 4.78 is 0. The number of hydrogen-bond acceptors (Lipinski definition) is 0. The summed E-state index contributed by atoms with van der Waals surface area (Å²) >= 11 is 1.92. The van der Waals surface area contributed by atoms with Crippen LogP contribution in [0.3, 0.4) is 0 Å². The number of unbranched alkanes of at least 4 members (excludes halogenated alkanes) is 2.